The molecular formula is C14H17NOS. The van der Waals surface area contributed by atoms with Gasteiger partial charge < -0.3 is 10.5 Å². The van der Waals surface area contributed by atoms with Crippen LogP contribution in [0.1, 0.15) is 30.3 Å². The molecule has 3 heteroatoms. The van der Waals surface area contributed by atoms with E-state index >= 15 is 0 Å². The Balaban J connectivity index is 2.21. The van der Waals surface area contributed by atoms with Gasteiger partial charge in [0.15, 0.2) is 0 Å². The fraction of sp³-hybridized carbons (Fsp3) is 0.286. The van der Waals surface area contributed by atoms with Gasteiger partial charge in [-0.25, -0.2) is 0 Å². The highest BCUT2D eigenvalue weighted by molar-refractivity contribution is 7.10. The SMILES string of the molecule is CC(C)Oc1cccc(C(N)c2cccs2)c1. The van der Waals surface area contributed by atoms with Gasteiger partial charge in [0.1, 0.15) is 5.75 Å². The van der Waals surface area contributed by atoms with Crippen LogP contribution < -0.4 is 10.5 Å². The summed E-state index contributed by atoms with van der Waals surface area (Å²) in [6.45, 7) is 4.04. The molecule has 0 amide bonds. The molecule has 0 radical (unpaired) electrons. The summed E-state index contributed by atoms with van der Waals surface area (Å²) in [4.78, 5) is 1.17. The molecular weight excluding hydrogens is 230 g/mol. The second kappa shape index (κ2) is 5.34. The molecule has 0 aliphatic rings. The summed E-state index contributed by atoms with van der Waals surface area (Å²) in [7, 11) is 0. The lowest BCUT2D eigenvalue weighted by molar-refractivity contribution is 0.242. The van der Waals surface area contributed by atoms with Crippen LogP contribution in [-0.2, 0) is 0 Å². The van der Waals surface area contributed by atoms with Crippen molar-refractivity contribution in [1.82, 2.24) is 0 Å². The fourth-order valence-corrected chi connectivity index (χ4v) is 2.44. The van der Waals surface area contributed by atoms with E-state index in [1.165, 1.54) is 4.88 Å². The zero-order valence-electron chi connectivity index (χ0n) is 10.1. The number of ether oxygens (including phenoxy) is 1. The predicted octanol–water partition coefficient (Wildman–Crippen LogP) is 3.58. The average molecular weight is 247 g/mol. The van der Waals surface area contributed by atoms with Crippen LogP contribution in [0.3, 0.4) is 0 Å². The molecule has 1 unspecified atom stereocenters. The number of nitrogens with two attached hydrogens (primary N) is 1. The molecule has 0 fully saturated rings. The zero-order chi connectivity index (χ0) is 12.3. The smallest absolute Gasteiger partial charge is 0.120 e. The lowest BCUT2D eigenvalue weighted by Crippen LogP contribution is -2.11. The minimum Gasteiger partial charge on any atom is -0.491 e. The summed E-state index contributed by atoms with van der Waals surface area (Å²) in [6, 6.07) is 12.0. The Morgan fingerprint density at radius 1 is 1.18 bits per heavy atom. The lowest BCUT2D eigenvalue weighted by atomic mass is 10.1. The van der Waals surface area contributed by atoms with Crippen LogP contribution in [0.5, 0.6) is 5.75 Å². The summed E-state index contributed by atoms with van der Waals surface area (Å²) >= 11 is 1.68. The topological polar surface area (TPSA) is 35.2 Å². The summed E-state index contributed by atoms with van der Waals surface area (Å²) in [5, 5.41) is 2.05. The standard InChI is InChI=1S/C14H17NOS/c1-10(2)16-12-6-3-5-11(9-12)14(15)13-7-4-8-17-13/h3-10,14H,15H2,1-2H3. The highest BCUT2D eigenvalue weighted by Gasteiger charge is 2.10. The minimum atomic E-state index is -0.0642. The number of benzene rings is 1. The molecule has 1 aromatic heterocycles. The molecule has 17 heavy (non-hydrogen) atoms. The van der Waals surface area contributed by atoms with Gasteiger partial charge >= 0.3 is 0 Å². The van der Waals surface area contributed by atoms with Gasteiger partial charge in [-0.05, 0) is 43.0 Å². The molecule has 1 aromatic carbocycles. The Morgan fingerprint density at radius 3 is 2.65 bits per heavy atom. The molecule has 0 aliphatic carbocycles. The van der Waals surface area contributed by atoms with Crippen LogP contribution in [0, 0.1) is 0 Å². The highest BCUT2D eigenvalue weighted by Crippen LogP contribution is 2.26. The Kier molecular flexibility index (Phi) is 3.82. The normalized spacial score (nSPS) is 12.7. The van der Waals surface area contributed by atoms with E-state index in [0.717, 1.165) is 11.3 Å². The van der Waals surface area contributed by atoms with E-state index in [1.807, 2.05) is 49.6 Å². The largest absolute Gasteiger partial charge is 0.491 e. The van der Waals surface area contributed by atoms with Gasteiger partial charge in [-0.3, -0.25) is 0 Å². The van der Waals surface area contributed by atoms with Crippen molar-refractivity contribution in [2.45, 2.75) is 26.0 Å². The number of hydrogen-bond donors (Lipinski definition) is 1. The van der Waals surface area contributed by atoms with Gasteiger partial charge in [-0.2, -0.15) is 0 Å². The van der Waals surface area contributed by atoms with Crippen LogP contribution in [0.25, 0.3) is 0 Å². The van der Waals surface area contributed by atoms with Crippen LogP contribution in [0.2, 0.25) is 0 Å². The zero-order valence-corrected chi connectivity index (χ0v) is 10.9. The van der Waals surface area contributed by atoms with Crippen LogP contribution >= 0.6 is 11.3 Å². The quantitative estimate of drug-likeness (QED) is 0.896. The Hall–Kier alpha value is -1.32. The molecule has 90 valence electrons. The van der Waals surface area contributed by atoms with Crippen molar-refractivity contribution in [1.29, 1.82) is 0 Å². The van der Waals surface area contributed by atoms with Crippen molar-refractivity contribution < 1.29 is 4.74 Å². The second-order valence-corrected chi connectivity index (χ2v) is 5.21. The molecule has 0 saturated carbocycles. The molecule has 1 atom stereocenters. The summed E-state index contributed by atoms with van der Waals surface area (Å²) < 4.78 is 5.67. The van der Waals surface area contributed by atoms with E-state index in [9.17, 15) is 0 Å². The van der Waals surface area contributed by atoms with Crippen LogP contribution in [0.4, 0.5) is 0 Å². The molecule has 2 nitrogen and oxygen atoms in total. The Bertz CT molecular complexity index is 465. The first-order valence-corrected chi connectivity index (χ1v) is 6.60. The van der Waals surface area contributed by atoms with Crippen molar-refractivity contribution in [2.24, 2.45) is 5.73 Å². The predicted molar refractivity (Wildman–Crippen MR) is 72.6 cm³/mol. The summed E-state index contributed by atoms with van der Waals surface area (Å²) in [6.07, 6.45) is 0.184. The van der Waals surface area contributed by atoms with E-state index in [1.54, 1.807) is 11.3 Å². The van der Waals surface area contributed by atoms with Crippen molar-refractivity contribution >= 4 is 11.3 Å². The number of rotatable bonds is 4. The third-order valence-electron chi connectivity index (χ3n) is 2.44. The fourth-order valence-electron chi connectivity index (χ4n) is 1.69. The molecule has 0 saturated heterocycles. The van der Waals surface area contributed by atoms with Crippen LogP contribution in [-0.4, -0.2) is 6.10 Å². The van der Waals surface area contributed by atoms with E-state index in [-0.39, 0.29) is 12.1 Å². The summed E-state index contributed by atoms with van der Waals surface area (Å²) in [5.41, 5.74) is 7.30. The van der Waals surface area contributed by atoms with E-state index in [2.05, 4.69) is 6.07 Å². The molecule has 2 aromatic rings. The van der Waals surface area contributed by atoms with Crippen molar-refractivity contribution in [3.63, 3.8) is 0 Å². The monoisotopic (exact) mass is 247 g/mol. The van der Waals surface area contributed by atoms with E-state index in [0.29, 0.717) is 0 Å². The lowest BCUT2D eigenvalue weighted by Gasteiger charge is -2.14. The van der Waals surface area contributed by atoms with Crippen molar-refractivity contribution in [3.8, 4) is 5.75 Å². The molecule has 2 rings (SSSR count). The number of thiophene rings is 1. The third-order valence-corrected chi connectivity index (χ3v) is 3.39. The average Bonchev–Trinajstić information content (AvgIpc) is 2.81. The maximum absolute atomic E-state index is 6.22. The first kappa shape index (κ1) is 12.1. The second-order valence-electron chi connectivity index (χ2n) is 4.23. The molecule has 0 bridgehead atoms. The van der Waals surface area contributed by atoms with Gasteiger partial charge in [-0.1, -0.05) is 18.2 Å². The van der Waals surface area contributed by atoms with Gasteiger partial charge in [0.2, 0.25) is 0 Å². The molecule has 0 aliphatic heterocycles. The highest BCUT2D eigenvalue weighted by atomic mass is 32.1. The number of hydrogen-bond acceptors (Lipinski definition) is 3. The Labute approximate surface area is 106 Å². The van der Waals surface area contributed by atoms with Crippen LogP contribution in [0.15, 0.2) is 41.8 Å². The van der Waals surface area contributed by atoms with E-state index in [4.69, 9.17) is 10.5 Å². The molecule has 2 N–H and O–H groups in total. The first-order valence-electron chi connectivity index (χ1n) is 5.72. The van der Waals surface area contributed by atoms with Gasteiger partial charge in [0.25, 0.3) is 0 Å². The Morgan fingerprint density at radius 2 is 2.00 bits per heavy atom. The van der Waals surface area contributed by atoms with Gasteiger partial charge in [0, 0.05) is 4.88 Å². The van der Waals surface area contributed by atoms with Crippen molar-refractivity contribution in [2.75, 3.05) is 0 Å². The van der Waals surface area contributed by atoms with Gasteiger partial charge in [0.05, 0.1) is 12.1 Å². The third kappa shape index (κ3) is 3.08. The van der Waals surface area contributed by atoms with Gasteiger partial charge in [-0.15, -0.1) is 11.3 Å². The van der Waals surface area contributed by atoms with E-state index < -0.39 is 0 Å². The first-order chi connectivity index (χ1) is 8.16. The van der Waals surface area contributed by atoms with Crippen molar-refractivity contribution in [3.05, 3.63) is 52.2 Å². The maximum Gasteiger partial charge on any atom is 0.120 e. The minimum absolute atomic E-state index is 0.0642. The summed E-state index contributed by atoms with van der Waals surface area (Å²) in [5.74, 6) is 0.879. The maximum atomic E-state index is 6.22. The molecule has 0 spiro atoms. The molecule has 1 heterocycles.